The number of benzene rings is 1. The number of nitrogens with one attached hydrogen (secondary N) is 1. The van der Waals surface area contributed by atoms with Crippen molar-refractivity contribution in [2.24, 2.45) is 17.8 Å². The molecular formula is C19H22F3NO2. The zero-order valence-corrected chi connectivity index (χ0v) is 13.9. The number of carbonyl (C=O) groups excluding carboxylic acids is 1. The second-order valence-electron chi connectivity index (χ2n) is 8.06. The summed E-state index contributed by atoms with van der Waals surface area (Å²) >= 11 is 0. The highest BCUT2D eigenvalue weighted by atomic mass is 19.4. The van der Waals surface area contributed by atoms with Gasteiger partial charge in [0, 0.05) is 5.54 Å². The van der Waals surface area contributed by atoms with Crippen LogP contribution in [-0.4, -0.2) is 18.1 Å². The normalized spacial score (nSPS) is 33.3. The van der Waals surface area contributed by atoms with E-state index >= 15 is 0 Å². The smallest absolute Gasteiger partial charge is 0.416 e. The monoisotopic (exact) mass is 353 g/mol. The van der Waals surface area contributed by atoms with Gasteiger partial charge in [-0.3, -0.25) is 4.79 Å². The topological polar surface area (TPSA) is 38.3 Å². The first-order chi connectivity index (χ1) is 11.8. The van der Waals surface area contributed by atoms with Crippen LogP contribution in [0.5, 0.6) is 5.75 Å². The van der Waals surface area contributed by atoms with Gasteiger partial charge in [-0.15, -0.1) is 0 Å². The van der Waals surface area contributed by atoms with E-state index in [1.807, 2.05) is 0 Å². The van der Waals surface area contributed by atoms with E-state index < -0.39 is 11.7 Å². The number of amides is 1. The van der Waals surface area contributed by atoms with Gasteiger partial charge in [0.15, 0.2) is 6.61 Å². The van der Waals surface area contributed by atoms with Crippen LogP contribution in [0.2, 0.25) is 0 Å². The van der Waals surface area contributed by atoms with Crippen LogP contribution in [0.3, 0.4) is 0 Å². The fraction of sp³-hybridized carbons (Fsp3) is 0.632. The molecule has 4 aliphatic carbocycles. The average Bonchev–Trinajstić information content (AvgIpc) is 2.50. The number of hydrogen-bond donors (Lipinski definition) is 1. The highest BCUT2D eigenvalue weighted by Gasteiger charge is 2.51. The van der Waals surface area contributed by atoms with E-state index in [1.54, 1.807) is 0 Å². The lowest BCUT2D eigenvalue weighted by Gasteiger charge is -2.56. The molecule has 4 fully saturated rings. The summed E-state index contributed by atoms with van der Waals surface area (Å²) in [6, 6.07) is 4.43. The molecule has 3 nitrogen and oxygen atoms in total. The number of halogens is 3. The van der Waals surface area contributed by atoms with Crippen LogP contribution in [-0.2, 0) is 11.0 Å². The predicted octanol–water partition coefficient (Wildman–Crippen LogP) is 4.17. The Bertz CT molecular complexity index is 618. The van der Waals surface area contributed by atoms with Crippen LogP contribution in [0.1, 0.15) is 44.1 Å². The SMILES string of the molecule is O=C(COc1ccc(C(F)(F)F)cc1)NC12CC3CC(CC(C3)C1)C2. The van der Waals surface area contributed by atoms with Gasteiger partial charge in [-0.1, -0.05) is 0 Å². The maximum absolute atomic E-state index is 12.5. The molecule has 0 unspecified atom stereocenters. The van der Waals surface area contributed by atoms with Gasteiger partial charge in [-0.05, 0) is 80.5 Å². The molecule has 4 aliphatic rings. The Balaban J connectivity index is 1.32. The molecule has 0 heterocycles. The molecule has 1 N–H and O–H groups in total. The number of alkyl halides is 3. The minimum absolute atomic E-state index is 0.0741. The van der Waals surface area contributed by atoms with Gasteiger partial charge in [0.05, 0.1) is 5.56 Å². The van der Waals surface area contributed by atoms with Crippen LogP contribution in [0, 0.1) is 17.8 Å². The fourth-order valence-corrected chi connectivity index (χ4v) is 5.48. The van der Waals surface area contributed by atoms with Crippen LogP contribution in [0.25, 0.3) is 0 Å². The Hall–Kier alpha value is -1.72. The van der Waals surface area contributed by atoms with Crippen LogP contribution >= 0.6 is 0 Å². The molecule has 136 valence electrons. The number of ether oxygens (including phenoxy) is 1. The molecule has 4 saturated carbocycles. The van der Waals surface area contributed by atoms with E-state index in [9.17, 15) is 18.0 Å². The maximum atomic E-state index is 12.5. The first kappa shape index (κ1) is 16.7. The van der Waals surface area contributed by atoms with Crippen molar-refractivity contribution in [3.05, 3.63) is 29.8 Å². The van der Waals surface area contributed by atoms with Crippen molar-refractivity contribution in [2.75, 3.05) is 6.61 Å². The van der Waals surface area contributed by atoms with Gasteiger partial charge >= 0.3 is 6.18 Å². The molecule has 0 aromatic heterocycles. The molecule has 1 aromatic rings. The van der Waals surface area contributed by atoms with Crippen LogP contribution in [0.15, 0.2) is 24.3 Å². The van der Waals surface area contributed by atoms with Crippen molar-refractivity contribution in [2.45, 2.75) is 50.2 Å². The molecule has 0 radical (unpaired) electrons. The highest BCUT2D eigenvalue weighted by Crippen LogP contribution is 2.55. The van der Waals surface area contributed by atoms with Gasteiger partial charge < -0.3 is 10.1 Å². The average molecular weight is 353 g/mol. The molecule has 0 spiro atoms. The Morgan fingerprint density at radius 2 is 1.56 bits per heavy atom. The summed E-state index contributed by atoms with van der Waals surface area (Å²) < 4.78 is 43.0. The molecule has 1 amide bonds. The number of rotatable bonds is 4. The Labute approximate surface area is 144 Å². The molecule has 1 aromatic carbocycles. The summed E-state index contributed by atoms with van der Waals surface area (Å²) in [7, 11) is 0. The minimum Gasteiger partial charge on any atom is -0.484 e. The minimum atomic E-state index is -4.37. The summed E-state index contributed by atoms with van der Waals surface area (Å²) in [5.41, 5.74) is -0.798. The van der Waals surface area contributed by atoms with Crippen molar-refractivity contribution >= 4 is 5.91 Å². The van der Waals surface area contributed by atoms with Gasteiger partial charge in [0.25, 0.3) is 5.91 Å². The largest absolute Gasteiger partial charge is 0.484 e. The quantitative estimate of drug-likeness (QED) is 0.882. The zero-order chi connectivity index (χ0) is 17.7. The molecule has 0 saturated heterocycles. The van der Waals surface area contributed by atoms with E-state index in [-0.39, 0.29) is 23.8 Å². The standard InChI is InChI=1S/C19H22F3NO2/c20-19(21,22)15-1-3-16(4-2-15)25-11-17(24)23-18-8-12-5-13(9-18)7-14(6-12)10-18/h1-4,12-14H,5-11H2,(H,23,24). The van der Waals surface area contributed by atoms with E-state index in [2.05, 4.69) is 5.32 Å². The maximum Gasteiger partial charge on any atom is 0.416 e. The van der Waals surface area contributed by atoms with Crippen molar-refractivity contribution in [3.63, 3.8) is 0 Å². The lowest BCUT2D eigenvalue weighted by Crippen LogP contribution is -2.60. The third-order valence-corrected chi connectivity index (χ3v) is 5.99. The van der Waals surface area contributed by atoms with Crippen LogP contribution in [0.4, 0.5) is 13.2 Å². The molecule has 4 bridgehead atoms. The molecular weight excluding hydrogens is 331 g/mol. The molecule has 5 rings (SSSR count). The van der Waals surface area contributed by atoms with Gasteiger partial charge in [-0.2, -0.15) is 13.2 Å². The van der Waals surface area contributed by atoms with Crippen molar-refractivity contribution in [1.29, 1.82) is 0 Å². The Morgan fingerprint density at radius 1 is 1.04 bits per heavy atom. The van der Waals surface area contributed by atoms with Crippen LogP contribution < -0.4 is 10.1 Å². The van der Waals surface area contributed by atoms with Crippen molar-refractivity contribution in [3.8, 4) is 5.75 Å². The number of carbonyl (C=O) groups is 1. The first-order valence-electron chi connectivity index (χ1n) is 8.92. The zero-order valence-electron chi connectivity index (χ0n) is 13.9. The molecule has 6 heteroatoms. The lowest BCUT2D eigenvalue weighted by molar-refractivity contribution is -0.137. The van der Waals surface area contributed by atoms with Gasteiger partial charge in [0.1, 0.15) is 5.75 Å². The summed E-state index contributed by atoms with van der Waals surface area (Å²) in [6.45, 7) is -0.160. The highest BCUT2D eigenvalue weighted by molar-refractivity contribution is 5.78. The van der Waals surface area contributed by atoms with Gasteiger partial charge in [-0.25, -0.2) is 0 Å². The van der Waals surface area contributed by atoms with E-state index in [0.717, 1.165) is 49.1 Å². The van der Waals surface area contributed by atoms with E-state index in [4.69, 9.17) is 4.74 Å². The third-order valence-electron chi connectivity index (χ3n) is 5.99. The third kappa shape index (κ3) is 3.48. The summed E-state index contributed by atoms with van der Waals surface area (Å²) in [6.07, 6.45) is 2.72. The Kier molecular flexibility index (Phi) is 3.96. The first-order valence-corrected chi connectivity index (χ1v) is 8.92. The van der Waals surface area contributed by atoms with Gasteiger partial charge in [0.2, 0.25) is 0 Å². The lowest BCUT2D eigenvalue weighted by atomic mass is 9.53. The van der Waals surface area contributed by atoms with Crippen molar-refractivity contribution < 1.29 is 22.7 Å². The predicted molar refractivity (Wildman–Crippen MR) is 86.0 cm³/mol. The summed E-state index contributed by atoms with van der Waals surface area (Å²) in [5.74, 6) is 2.31. The molecule has 25 heavy (non-hydrogen) atoms. The molecule has 0 atom stereocenters. The molecule has 0 aliphatic heterocycles. The summed E-state index contributed by atoms with van der Waals surface area (Å²) in [5, 5.41) is 3.19. The second-order valence-corrected chi connectivity index (χ2v) is 8.06. The fourth-order valence-electron chi connectivity index (χ4n) is 5.48. The van der Waals surface area contributed by atoms with Crippen molar-refractivity contribution in [1.82, 2.24) is 5.32 Å². The number of hydrogen-bond acceptors (Lipinski definition) is 2. The van der Waals surface area contributed by atoms with E-state index in [0.29, 0.717) is 0 Å². The second kappa shape index (κ2) is 5.92. The summed E-state index contributed by atoms with van der Waals surface area (Å²) in [4.78, 5) is 12.3. The van der Waals surface area contributed by atoms with E-state index in [1.165, 1.54) is 31.4 Å². The Morgan fingerprint density at radius 3 is 2.04 bits per heavy atom.